The Bertz CT molecular complexity index is 586. The summed E-state index contributed by atoms with van der Waals surface area (Å²) in [4.78, 5) is 0. The van der Waals surface area contributed by atoms with Crippen LogP contribution < -0.4 is 5.32 Å². The van der Waals surface area contributed by atoms with E-state index in [-0.39, 0.29) is 0 Å². The van der Waals surface area contributed by atoms with E-state index in [1.807, 2.05) is 6.07 Å². The first-order valence-corrected chi connectivity index (χ1v) is 8.41. The van der Waals surface area contributed by atoms with E-state index in [1.165, 1.54) is 43.1 Å². The molecule has 1 aliphatic carbocycles. The summed E-state index contributed by atoms with van der Waals surface area (Å²) in [6.07, 6.45) is 7.04. The van der Waals surface area contributed by atoms with Crippen molar-refractivity contribution in [3.8, 4) is 0 Å². The Balaban J connectivity index is 1.51. The molecule has 2 aromatic rings. The van der Waals surface area contributed by atoms with Gasteiger partial charge in [-0.25, -0.2) is 0 Å². The van der Waals surface area contributed by atoms with Crippen molar-refractivity contribution < 1.29 is 4.42 Å². The first-order chi connectivity index (χ1) is 10.2. The second-order valence-electron chi connectivity index (χ2n) is 6.74. The van der Waals surface area contributed by atoms with Crippen molar-refractivity contribution in [1.29, 1.82) is 0 Å². The normalized spacial score (nSPS) is 22.8. The summed E-state index contributed by atoms with van der Waals surface area (Å²) in [5, 5.41) is 4.88. The zero-order valence-corrected chi connectivity index (χ0v) is 13.3. The lowest BCUT2D eigenvalue weighted by molar-refractivity contribution is 0.267. The van der Waals surface area contributed by atoms with E-state index in [4.69, 9.17) is 4.42 Å². The lowest BCUT2D eigenvalue weighted by Crippen LogP contribution is -2.21. The molecule has 114 valence electrons. The van der Waals surface area contributed by atoms with Gasteiger partial charge in [-0.1, -0.05) is 44.4 Å². The summed E-state index contributed by atoms with van der Waals surface area (Å²) in [5.74, 6) is 2.92. The van der Waals surface area contributed by atoms with E-state index in [0.717, 1.165) is 36.3 Å². The average Bonchev–Trinajstić information content (AvgIpc) is 2.79. The summed E-state index contributed by atoms with van der Waals surface area (Å²) in [6.45, 7) is 6.52. The van der Waals surface area contributed by atoms with Crippen LogP contribution >= 0.6 is 0 Å². The van der Waals surface area contributed by atoms with Crippen molar-refractivity contribution in [2.45, 2.75) is 52.5 Å². The highest BCUT2D eigenvalue weighted by Crippen LogP contribution is 2.30. The highest BCUT2D eigenvalue weighted by atomic mass is 16.3. The molecule has 2 heteroatoms. The third-order valence-electron chi connectivity index (χ3n) is 4.98. The second kappa shape index (κ2) is 6.65. The first-order valence-electron chi connectivity index (χ1n) is 8.41. The van der Waals surface area contributed by atoms with Gasteiger partial charge in [0, 0.05) is 17.5 Å². The number of benzene rings is 1. The monoisotopic (exact) mass is 285 g/mol. The predicted molar refractivity (Wildman–Crippen MR) is 88.4 cm³/mol. The van der Waals surface area contributed by atoms with Crippen LogP contribution in [-0.4, -0.2) is 6.54 Å². The fourth-order valence-corrected chi connectivity index (χ4v) is 3.78. The number of fused-ring (bicyclic) bond motifs is 1. The van der Waals surface area contributed by atoms with Crippen molar-refractivity contribution >= 4 is 11.0 Å². The molecular weight excluding hydrogens is 258 g/mol. The van der Waals surface area contributed by atoms with Gasteiger partial charge >= 0.3 is 0 Å². The summed E-state index contributed by atoms with van der Waals surface area (Å²) in [6, 6.07) is 8.33. The molecule has 0 saturated heterocycles. The maximum atomic E-state index is 5.82. The summed E-state index contributed by atoms with van der Waals surface area (Å²) < 4.78 is 5.82. The molecule has 0 amide bonds. The van der Waals surface area contributed by atoms with Crippen molar-refractivity contribution in [3.05, 3.63) is 35.6 Å². The Morgan fingerprint density at radius 3 is 2.95 bits per heavy atom. The zero-order chi connectivity index (χ0) is 14.7. The van der Waals surface area contributed by atoms with Crippen LogP contribution in [-0.2, 0) is 6.54 Å². The van der Waals surface area contributed by atoms with Crippen LogP contribution in [0.4, 0.5) is 0 Å². The quantitative estimate of drug-likeness (QED) is 0.778. The van der Waals surface area contributed by atoms with Crippen LogP contribution in [0.3, 0.4) is 0 Å². The number of hydrogen-bond acceptors (Lipinski definition) is 2. The summed E-state index contributed by atoms with van der Waals surface area (Å²) in [5.41, 5.74) is 2.33. The van der Waals surface area contributed by atoms with Gasteiger partial charge in [0.05, 0.1) is 0 Å². The largest absolute Gasteiger partial charge is 0.461 e. The van der Waals surface area contributed by atoms with Crippen LogP contribution in [0.5, 0.6) is 0 Å². The van der Waals surface area contributed by atoms with Gasteiger partial charge < -0.3 is 9.73 Å². The molecule has 0 aliphatic heterocycles. The standard InChI is InChI=1S/C19H27NO/c1-14-6-5-7-16(12-14)10-11-20-13-18-15(2)21-19-9-4-3-8-17(18)19/h3-4,8-9,14,16,20H,5-7,10-13H2,1-2H3. The maximum Gasteiger partial charge on any atom is 0.134 e. The van der Waals surface area contributed by atoms with Crippen LogP contribution in [0.15, 0.2) is 28.7 Å². The molecule has 0 bridgehead atoms. The Morgan fingerprint density at radius 2 is 2.10 bits per heavy atom. The minimum absolute atomic E-state index is 0.922. The molecule has 1 N–H and O–H groups in total. The highest BCUT2D eigenvalue weighted by Gasteiger charge is 2.18. The van der Waals surface area contributed by atoms with Gasteiger partial charge in [0.1, 0.15) is 11.3 Å². The third kappa shape index (κ3) is 3.49. The first kappa shape index (κ1) is 14.6. The number of hydrogen-bond donors (Lipinski definition) is 1. The molecule has 1 fully saturated rings. The van der Waals surface area contributed by atoms with Gasteiger partial charge in [-0.3, -0.25) is 0 Å². The molecular formula is C19H27NO. The Hall–Kier alpha value is -1.28. The van der Waals surface area contributed by atoms with Gasteiger partial charge in [0.15, 0.2) is 0 Å². The van der Waals surface area contributed by atoms with Crippen molar-refractivity contribution in [1.82, 2.24) is 5.32 Å². The number of nitrogens with one attached hydrogen (secondary N) is 1. The average molecular weight is 285 g/mol. The number of aryl methyl sites for hydroxylation is 1. The second-order valence-corrected chi connectivity index (χ2v) is 6.74. The minimum atomic E-state index is 0.922. The SMILES string of the molecule is Cc1oc2ccccc2c1CNCCC1CCCC(C)C1. The van der Waals surface area contributed by atoms with Crippen LogP contribution in [0.25, 0.3) is 11.0 Å². The van der Waals surface area contributed by atoms with Crippen molar-refractivity contribution in [2.75, 3.05) is 6.54 Å². The van der Waals surface area contributed by atoms with Crippen LogP contribution in [0, 0.1) is 18.8 Å². The topological polar surface area (TPSA) is 25.2 Å². The Kier molecular flexibility index (Phi) is 4.64. The number of rotatable bonds is 5. The number of furan rings is 1. The minimum Gasteiger partial charge on any atom is -0.461 e. The van der Waals surface area contributed by atoms with E-state index < -0.39 is 0 Å². The molecule has 2 nitrogen and oxygen atoms in total. The lowest BCUT2D eigenvalue weighted by Gasteiger charge is -2.26. The predicted octanol–water partition coefficient (Wildman–Crippen LogP) is 5.05. The maximum absolute atomic E-state index is 5.82. The molecule has 3 rings (SSSR count). The van der Waals surface area contributed by atoms with Gasteiger partial charge in [0.2, 0.25) is 0 Å². The van der Waals surface area contributed by atoms with Crippen molar-refractivity contribution in [3.63, 3.8) is 0 Å². The van der Waals surface area contributed by atoms with E-state index in [1.54, 1.807) is 0 Å². The van der Waals surface area contributed by atoms with Gasteiger partial charge in [-0.2, -0.15) is 0 Å². The van der Waals surface area contributed by atoms with E-state index in [9.17, 15) is 0 Å². The van der Waals surface area contributed by atoms with E-state index >= 15 is 0 Å². The highest BCUT2D eigenvalue weighted by molar-refractivity contribution is 5.82. The van der Waals surface area contributed by atoms with Crippen LogP contribution in [0.2, 0.25) is 0 Å². The third-order valence-corrected chi connectivity index (χ3v) is 4.98. The van der Waals surface area contributed by atoms with Crippen molar-refractivity contribution in [2.24, 2.45) is 11.8 Å². The fourth-order valence-electron chi connectivity index (χ4n) is 3.78. The van der Waals surface area contributed by atoms with E-state index in [2.05, 4.69) is 37.4 Å². The Labute approximate surface area is 127 Å². The molecule has 2 atom stereocenters. The molecule has 1 aliphatic rings. The Morgan fingerprint density at radius 1 is 1.24 bits per heavy atom. The van der Waals surface area contributed by atoms with Crippen LogP contribution in [0.1, 0.15) is 50.4 Å². The number of para-hydroxylation sites is 1. The molecule has 21 heavy (non-hydrogen) atoms. The fraction of sp³-hybridized carbons (Fsp3) is 0.579. The lowest BCUT2D eigenvalue weighted by atomic mass is 9.81. The van der Waals surface area contributed by atoms with Gasteiger partial charge in [-0.05, 0) is 44.2 Å². The summed E-state index contributed by atoms with van der Waals surface area (Å²) >= 11 is 0. The van der Waals surface area contributed by atoms with Gasteiger partial charge in [0.25, 0.3) is 0 Å². The molecule has 2 unspecified atom stereocenters. The van der Waals surface area contributed by atoms with Gasteiger partial charge in [-0.15, -0.1) is 0 Å². The molecule has 0 spiro atoms. The molecule has 1 heterocycles. The molecule has 0 radical (unpaired) electrons. The van der Waals surface area contributed by atoms with E-state index in [0.29, 0.717) is 0 Å². The zero-order valence-electron chi connectivity index (χ0n) is 13.3. The smallest absolute Gasteiger partial charge is 0.134 e. The molecule has 1 aromatic carbocycles. The summed E-state index contributed by atoms with van der Waals surface area (Å²) in [7, 11) is 0. The molecule has 1 saturated carbocycles. The molecule has 1 aromatic heterocycles.